The molecule has 0 unspecified atom stereocenters. The predicted octanol–water partition coefficient (Wildman–Crippen LogP) is 0.940. The Kier molecular flexibility index (Phi) is 3.50. The number of nitrogens with zero attached hydrogens (tertiary/aromatic N) is 2. The molecule has 0 radical (unpaired) electrons. The molecule has 2 rings (SSSR count). The number of carbonyl (C=O) groups is 1. The number of aliphatic carboxylic acids is 1. The Balaban J connectivity index is 2.58. The minimum atomic E-state index is -3.85. The van der Waals surface area contributed by atoms with Crippen molar-refractivity contribution in [3.63, 3.8) is 0 Å². The van der Waals surface area contributed by atoms with Crippen molar-refractivity contribution in [3.05, 3.63) is 36.5 Å². The maximum Gasteiger partial charge on any atom is 0.318 e. The largest absolute Gasteiger partial charge is 0.480 e. The number of sulfonamides is 1. The van der Waals surface area contributed by atoms with Crippen LogP contribution in [0, 0.1) is 0 Å². The lowest BCUT2D eigenvalue weighted by Gasteiger charge is -2.16. The van der Waals surface area contributed by atoms with Crippen LogP contribution in [0.3, 0.4) is 0 Å². The molecule has 0 aliphatic heterocycles. The van der Waals surface area contributed by atoms with Crippen LogP contribution in [-0.4, -0.2) is 42.4 Å². The van der Waals surface area contributed by atoms with Gasteiger partial charge in [0.1, 0.15) is 6.54 Å². The van der Waals surface area contributed by atoms with E-state index in [1.807, 2.05) is 0 Å². The highest BCUT2D eigenvalue weighted by Gasteiger charge is 2.24. The minimum absolute atomic E-state index is 0.0573. The summed E-state index contributed by atoms with van der Waals surface area (Å²) in [5.74, 6) is -1.20. The third kappa shape index (κ3) is 2.56. The van der Waals surface area contributed by atoms with E-state index in [0.717, 1.165) is 4.31 Å². The molecule has 0 saturated heterocycles. The molecule has 7 heteroatoms. The highest BCUT2D eigenvalue weighted by molar-refractivity contribution is 7.89. The summed E-state index contributed by atoms with van der Waals surface area (Å²) < 4.78 is 25.4. The van der Waals surface area contributed by atoms with Gasteiger partial charge in [0.15, 0.2) is 0 Å². The lowest BCUT2D eigenvalue weighted by molar-refractivity contribution is -0.137. The van der Waals surface area contributed by atoms with Crippen LogP contribution in [0.4, 0.5) is 0 Å². The molecule has 0 aliphatic carbocycles. The van der Waals surface area contributed by atoms with E-state index in [1.54, 1.807) is 30.5 Å². The molecule has 100 valence electrons. The summed E-state index contributed by atoms with van der Waals surface area (Å²) in [7, 11) is -2.61. The molecule has 19 heavy (non-hydrogen) atoms. The first-order chi connectivity index (χ1) is 8.93. The lowest BCUT2D eigenvalue weighted by Crippen LogP contribution is -2.32. The van der Waals surface area contributed by atoms with Gasteiger partial charge in [-0.05, 0) is 24.3 Å². The third-order valence-electron chi connectivity index (χ3n) is 2.65. The first-order valence-corrected chi connectivity index (χ1v) is 6.89. The molecule has 0 aliphatic rings. The Bertz CT molecular complexity index is 722. The summed E-state index contributed by atoms with van der Waals surface area (Å²) in [5.41, 5.74) is 0.548. The Morgan fingerprint density at radius 1 is 1.32 bits per heavy atom. The maximum absolute atomic E-state index is 12.3. The molecule has 2 aromatic rings. The van der Waals surface area contributed by atoms with Crippen LogP contribution < -0.4 is 0 Å². The number of likely N-dealkylation sites (N-methyl/N-ethyl adjacent to an activating group) is 1. The van der Waals surface area contributed by atoms with Gasteiger partial charge >= 0.3 is 5.97 Å². The van der Waals surface area contributed by atoms with Crippen LogP contribution in [0.15, 0.2) is 41.4 Å². The first kappa shape index (κ1) is 13.4. The van der Waals surface area contributed by atoms with Crippen molar-refractivity contribution in [2.45, 2.75) is 4.90 Å². The molecule has 0 spiro atoms. The number of benzene rings is 1. The number of aromatic nitrogens is 1. The van der Waals surface area contributed by atoms with Crippen LogP contribution in [0.5, 0.6) is 0 Å². The summed E-state index contributed by atoms with van der Waals surface area (Å²) in [4.78, 5) is 14.8. The van der Waals surface area contributed by atoms with Crippen molar-refractivity contribution >= 4 is 26.9 Å². The smallest absolute Gasteiger partial charge is 0.318 e. The third-order valence-corrected chi connectivity index (χ3v) is 4.51. The van der Waals surface area contributed by atoms with Crippen molar-refractivity contribution in [1.82, 2.24) is 9.29 Å². The van der Waals surface area contributed by atoms with Crippen LogP contribution in [-0.2, 0) is 14.8 Å². The zero-order chi connectivity index (χ0) is 14.0. The van der Waals surface area contributed by atoms with Crippen molar-refractivity contribution in [3.8, 4) is 0 Å². The molecule has 1 N–H and O–H groups in total. The van der Waals surface area contributed by atoms with Crippen LogP contribution in [0.1, 0.15) is 0 Å². The summed E-state index contributed by atoms with van der Waals surface area (Å²) in [6.07, 6.45) is 1.57. The fraction of sp³-hybridized carbons (Fsp3) is 0.167. The molecule has 0 amide bonds. The van der Waals surface area contributed by atoms with E-state index in [4.69, 9.17) is 5.11 Å². The number of hydrogen-bond acceptors (Lipinski definition) is 4. The van der Waals surface area contributed by atoms with E-state index in [-0.39, 0.29) is 4.90 Å². The molecule has 0 fully saturated rings. The van der Waals surface area contributed by atoms with Gasteiger partial charge in [-0.1, -0.05) is 6.07 Å². The second-order valence-electron chi connectivity index (χ2n) is 3.98. The van der Waals surface area contributed by atoms with Crippen molar-refractivity contribution in [1.29, 1.82) is 0 Å². The van der Waals surface area contributed by atoms with Crippen LogP contribution in [0.25, 0.3) is 10.9 Å². The fourth-order valence-electron chi connectivity index (χ4n) is 1.74. The van der Waals surface area contributed by atoms with Crippen molar-refractivity contribution < 1.29 is 18.3 Å². The molecule has 1 heterocycles. The lowest BCUT2D eigenvalue weighted by atomic mass is 10.2. The normalized spacial score (nSPS) is 11.9. The van der Waals surface area contributed by atoms with Gasteiger partial charge in [-0.3, -0.25) is 9.78 Å². The minimum Gasteiger partial charge on any atom is -0.480 e. The summed E-state index contributed by atoms with van der Waals surface area (Å²) >= 11 is 0. The SMILES string of the molecule is CN(CC(=O)O)S(=O)(=O)c1cccc2ncccc12. The highest BCUT2D eigenvalue weighted by Crippen LogP contribution is 2.23. The zero-order valence-corrected chi connectivity index (χ0v) is 11.0. The Labute approximate surface area is 110 Å². The zero-order valence-electron chi connectivity index (χ0n) is 10.1. The molecule has 0 saturated carbocycles. The molecule has 0 atom stereocenters. The Hall–Kier alpha value is -1.99. The van der Waals surface area contributed by atoms with E-state index in [9.17, 15) is 13.2 Å². The summed E-state index contributed by atoms with van der Waals surface area (Å²) in [6, 6.07) is 8.00. The van der Waals surface area contributed by atoms with Gasteiger partial charge in [-0.15, -0.1) is 0 Å². The van der Waals surface area contributed by atoms with Gasteiger partial charge in [-0.2, -0.15) is 4.31 Å². The van der Waals surface area contributed by atoms with Gasteiger partial charge < -0.3 is 5.11 Å². The van der Waals surface area contributed by atoms with E-state index >= 15 is 0 Å². The maximum atomic E-state index is 12.3. The van der Waals surface area contributed by atoms with Gasteiger partial charge in [-0.25, -0.2) is 8.42 Å². The fourth-order valence-corrected chi connectivity index (χ4v) is 3.06. The van der Waals surface area contributed by atoms with E-state index in [1.165, 1.54) is 13.1 Å². The van der Waals surface area contributed by atoms with Crippen LogP contribution in [0.2, 0.25) is 0 Å². The predicted molar refractivity (Wildman–Crippen MR) is 69.2 cm³/mol. The summed E-state index contributed by atoms with van der Waals surface area (Å²) in [6.45, 7) is -0.584. The molecule has 1 aromatic carbocycles. The standard InChI is InChI=1S/C12H12N2O4S/c1-14(8-12(15)16)19(17,18)11-6-2-5-10-9(11)4-3-7-13-10/h2-7H,8H2,1H3,(H,15,16). The summed E-state index contributed by atoms with van der Waals surface area (Å²) in [5, 5.41) is 9.16. The van der Waals surface area contributed by atoms with E-state index < -0.39 is 22.5 Å². The second kappa shape index (κ2) is 4.94. The highest BCUT2D eigenvalue weighted by atomic mass is 32.2. The van der Waals surface area contributed by atoms with Crippen LogP contribution >= 0.6 is 0 Å². The van der Waals surface area contributed by atoms with E-state index in [0.29, 0.717) is 10.9 Å². The molecular formula is C12H12N2O4S. The van der Waals surface area contributed by atoms with Crippen molar-refractivity contribution in [2.75, 3.05) is 13.6 Å². The Morgan fingerprint density at radius 2 is 2.05 bits per heavy atom. The number of fused-ring (bicyclic) bond motifs is 1. The number of carboxylic acids is 1. The molecule has 6 nitrogen and oxygen atoms in total. The number of pyridine rings is 1. The van der Waals surface area contributed by atoms with Gasteiger partial charge in [0, 0.05) is 18.6 Å². The first-order valence-electron chi connectivity index (χ1n) is 5.45. The topological polar surface area (TPSA) is 87.6 Å². The van der Waals surface area contributed by atoms with E-state index in [2.05, 4.69) is 4.98 Å². The average Bonchev–Trinajstić information content (AvgIpc) is 2.37. The van der Waals surface area contributed by atoms with Crippen molar-refractivity contribution in [2.24, 2.45) is 0 Å². The number of rotatable bonds is 4. The average molecular weight is 280 g/mol. The molecule has 1 aromatic heterocycles. The number of hydrogen-bond donors (Lipinski definition) is 1. The molecular weight excluding hydrogens is 268 g/mol. The molecule has 0 bridgehead atoms. The van der Waals surface area contributed by atoms with Gasteiger partial charge in [0.05, 0.1) is 10.4 Å². The Morgan fingerprint density at radius 3 is 2.74 bits per heavy atom. The quantitative estimate of drug-likeness (QED) is 0.900. The number of carboxylic acid groups (broad SMARTS) is 1. The van der Waals surface area contributed by atoms with Gasteiger partial charge in [0.25, 0.3) is 0 Å². The van der Waals surface area contributed by atoms with Gasteiger partial charge in [0.2, 0.25) is 10.0 Å². The second-order valence-corrected chi connectivity index (χ2v) is 5.99. The monoisotopic (exact) mass is 280 g/mol.